The summed E-state index contributed by atoms with van der Waals surface area (Å²) in [6, 6.07) is 13.4. The average molecular weight is 365 g/mol. The largest absolute Gasteiger partial charge is 0.467 e. The number of carbonyl (C=O) groups is 1. The molecule has 1 N–H and O–H groups in total. The topological polar surface area (TPSA) is 64.1 Å². The fourth-order valence-electron chi connectivity index (χ4n) is 2.73. The molecule has 0 saturated heterocycles. The van der Waals surface area contributed by atoms with E-state index in [1.165, 1.54) is 12.1 Å². The fraction of sp³-hybridized carbons (Fsp3) is 0.190. The molecular formula is C21H20FN3O2. The van der Waals surface area contributed by atoms with E-state index in [2.05, 4.69) is 15.3 Å². The maximum Gasteiger partial charge on any atom is 0.262 e. The Labute approximate surface area is 157 Å². The minimum atomic E-state index is -0.328. The lowest BCUT2D eigenvalue weighted by molar-refractivity contribution is -0.118. The lowest BCUT2D eigenvalue weighted by atomic mass is 10.1. The van der Waals surface area contributed by atoms with Gasteiger partial charge in [-0.3, -0.25) is 4.79 Å². The normalized spacial score (nSPS) is 10.5. The molecule has 0 atom stereocenters. The average Bonchev–Trinajstić information content (AvgIpc) is 2.59. The Morgan fingerprint density at radius 1 is 1.00 bits per heavy atom. The minimum absolute atomic E-state index is 0.174. The summed E-state index contributed by atoms with van der Waals surface area (Å²) in [5, 5.41) is 2.81. The van der Waals surface area contributed by atoms with Crippen molar-refractivity contribution in [3.8, 4) is 17.3 Å². The molecule has 5 nitrogen and oxygen atoms in total. The molecule has 0 radical (unpaired) electrons. The first kappa shape index (κ1) is 18.5. The molecular weight excluding hydrogens is 345 g/mol. The van der Waals surface area contributed by atoms with Crippen molar-refractivity contribution in [3.63, 3.8) is 0 Å². The van der Waals surface area contributed by atoms with Crippen LogP contribution in [0, 0.1) is 26.6 Å². The predicted octanol–water partition coefficient (Wildman–Crippen LogP) is 4.23. The Morgan fingerprint density at radius 3 is 2.33 bits per heavy atom. The van der Waals surface area contributed by atoms with E-state index in [0.29, 0.717) is 17.1 Å². The Hall–Kier alpha value is -3.28. The summed E-state index contributed by atoms with van der Waals surface area (Å²) in [7, 11) is 0. The lowest BCUT2D eigenvalue weighted by Gasteiger charge is -2.10. The van der Waals surface area contributed by atoms with E-state index in [0.717, 1.165) is 16.8 Å². The summed E-state index contributed by atoms with van der Waals surface area (Å²) in [6.45, 7) is 5.57. The molecule has 0 unspecified atom stereocenters. The van der Waals surface area contributed by atoms with Gasteiger partial charge in [0, 0.05) is 23.0 Å². The molecule has 3 rings (SSSR count). The van der Waals surface area contributed by atoms with Gasteiger partial charge in [0.25, 0.3) is 5.91 Å². The summed E-state index contributed by atoms with van der Waals surface area (Å²) >= 11 is 0. The maximum atomic E-state index is 13.1. The van der Waals surface area contributed by atoms with Crippen LogP contribution in [0.3, 0.4) is 0 Å². The van der Waals surface area contributed by atoms with Crippen LogP contribution in [0.4, 0.5) is 10.1 Å². The van der Waals surface area contributed by atoms with Crippen molar-refractivity contribution < 1.29 is 13.9 Å². The third-order valence-electron chi connectivity index (χ3n) is 3.79. The first-order valence-corrected chi connectivity index (χ1v) is 8.51. The second-order valence-electron chi connectivity index (χ2n) is 6.39. The lowest BCUT2D eigenvalue weighted by Crippen LogP contribution is -2.20. The van der Waals surface area contributed by atoms with Gasteiger partial charge in [-0.15, -0.1) is 0 Å². The smallest absolute Gasteiger partial charge is 0.262 e. The molecule has 0 saturated carbocycles. The zero-order valence-electron chi connectivity index (χ0n) is 15.4. The van der Waals surface area contributed by atoms with Crippen molar-refractivity contribution >= 4 is 11.6 Å². The highest BCUT2D eigenvalue weighted by Crippen LogP contribution is 2.19. The quantitative estimate of drug-likeness (QED) is 0.735. The van der Waals surface area contributed by atoms with E-state index in [4.69, 9.17) is 4.74 Å². The van der Waals surface area contributed by atoms with Crippen molar-refractivity contribution in [2.75, 3.05) is 11.9 Å². The molecule has 0 spiro atoms. The molecule has 27 heavy (non-hydrogen) atoms. The van der Waals surface area contributed by atoms with Crippen molar-refractivity contribution in [2.45, 2.75) is 20.8 Å². The molecule has 0 fully saturated rings. The Kier molecular flexibility index (Phi) is 5.45. The zero-order valence-corrected chi connectivity index (χ0v) is 15.4. The van der Waals surface area contributed by atoms with Crippen LogP contribution < -0.4 is 10.1 Å². The van der Waals surface area contributed by atoms with Crippen LogP contribution in [0.25, 0.3) is 11.4 Å². The summed E-state index contributed by atoms with van der Waals surface area (Å²) in [6.07, 6.45) is 0. The van der Waals surface area contributed by atoms with Crippen LogP contribution in [0.2, 0.25) is 0 Å². The molecule has 1 amide bonds. The summed E-state index contributed by atoms with van der Waals surface area (Å²) in [4.78, 5) is 20.8. The molecule has 2 aromatic carbocycles. The second kappa shape index (κ2) is 7.95. The number of nitrogens with one attached hydrogen (secondary N) is 1. The van der Waals surface area contributed by atoms with E-state index in [1.807, 2.05) is 32.0 Å². The van der Waals surface area contributed by atoms with Gasteiger partial charge in [0.05, 0.1) is 0 Å². The Bertz CT molecular complexity index is 951. The van der Waals surface area contributed by atoms with Gasteiger partial charge in [-0.2, -0.15) is 4.98 Å². The highest BCUT2D eigenvalue weighted by atomic mass is 19.1. The van der Waals surface area contributed by atoms with E-state index < -0.39 is 0 Å². The van der Waals surface area contributed by atoms with Crippen molar-refractivity contribution in [3.05, 3.63) is 71.2 Å². The highest BCUT2D eigenvalue weighted by Gasteiger charge is 2.09. The van der Waals surface area contributed by atoms with Gasteiger partial charge in [0.2, 0.25) is 5.88 Å². The molecule has 0 bridgehead atoms. The van der Waals surface area contributed by atoms with E-state index in [1.54, 1.807) is 25.1 Å². The number of nitrogens with zero attached hydrogens (tertiary/aromatic N) is 2. The van der Waals surface area contributed by atoms with Gasteiger partial charge in [-0.05, 0) is 68.3 Å². The standard InChI is InChI=1S/C21H20FN3O2/c1-13-8-14(2)10-18(9-13)24-19(26)12-27-20-11-15(3)23-21(25-20)16-4-6-17(22)7-5-16/h4-11H,12H2,1-3H3,(H,24,26). The number of hydrogen-bond donors (Lipinski definition) is 1. The number of rotatable bonds is 5. The molecule has 0 aliphatic rings. The maximum absolute atomic E-state index is 13.1. The van der Waals surface area contributed by atoms with Crippen LogP contribution in [0.1, 0.15) is 16.8 Å². The van der Waals surface area contributed by atoms with Gasteiger partial charge in [0.1, 0.15) is 5.82 Å². The van der Waals surface area contributed by atoms with Gasteiger partial charge >= 0.3 is 0 Å². The number of anilines is 1. The molecule has 1 aromatic heterocycles. The van der Waals surface area contributed by atoms with Gasteiger partial charge in [0.15, 0.2) is 12.4 Å². The van der Waals surface area contributed by atoms with Crippen LogP contribution in [0.15, 0.2) is 48.5 Å². The second-order valence-corrected chi connectivity index (χ2v) is 6.39. The number of ether oxygens (including phenoxy) is 1. The van der Waals surface area contributed by atoms with Crippen LogP contribution in [-0.2, 0) is 4.79 Å². The molecule has 0 aliphatic carbocycles. The molecule has 138 valence electrons. The number of benzene rings is 2. The number of hydrogen-bond acceptors (Lipinski definition) is 4. The minimum Gasteiger partial charge on any atom is -0.467 e. The Morgan fingerprint density at radius 2 is 1.67 bits per heavy atom. The Balaban J connectivity index is 1.68. The van der Waals surface area contributed by atoms with Gasteiger partial charge in [-0.1, -0.05) is 6.07 Å². The van der Waals surface area contributed by atoms with Gasteiger partial charge < -0.3 is 10.1 Å². The molecule has 0 aliphatic heterocycles. The van der Waals surface area contributed by atoms with Crippen molar-refractivity contribution in [1.29, 1.82) is 0 Å². The third-order valence-corrected chi connectivity index (χ3v) is 3.79. The predicted molar refractivity (Wildman–Crippen MR) is 102 cm³/mol. The number of aromatic nitrogens is 2. The first-order valence-electron chi connectivity index (χ1n) is 8.51. The summed E-state index contributed by atoms with van der Waals surface area (Å²) in [5.41, 5.74) is 4.23. The van der Waals surface area contributed by atoms with Crippen LogP contribution in [-0.4, -0.2) is 22.5 Å². The molecule has 6 heteroatoms. The van der Waals surface area contributed by atoms with Crippen molar-refractivity contribution in [1.82, 2.24) is 9.97 Å². The summed E-state index contributed by atoms with van der Waals surface area (Å²) < 4.78 is 18.6. The van der Waals surface area contributed by atoms with E-state index in [9.17, 15) is 9.18 Å². The van der Waals surface area contributed by atoms with E-state index >= 15 is 0 Å². The van der Waals surface area contributed by atoms with Crippen LogP contribution >= 0.6 is 0 Å². The molecule has 1 heterocycles. The van der Waals surface area contributed by atoms with Crippen LogP contribution in [0.5, 0.6) is 5.88 Å². The zero-order chi connectivity index (χ0) is 19.4. The number of carbonyl (C=O) groups excluding carboxylic acids is 1. The SMILES string of the molecule is Cc1cc(C)cc(NC(=O)COc2cc(C)nc(-c3ccc(F)cc3)n2)c1. The fourth-order valence-corrected chi connectivity index (χ4v) is 2.73. The summed E-state index contributed by atoms with van der Waals surface area (Å²) in [5.74, 6) is 0.0997. The van der Waals surface area contributed by atoms with Crippen molar-refractivity contribution in [2.24, 2.45) is 0 Å². The number of aryl methyl sites for hydroxylation is 3. The molecule has 3 aromatic rings. The number of halogens is 1. The monoisotopic (exact) mass is 365 g/mol. The van der Waals surface area contributed by atoms with Gasteiger partial charge in [-0.25, -0.2) is 9.37 Å². The first-order chi connectivity index (χ1) is 12.9. The van der Waals surface area contributed by atoms with E-state index in [-0.39, 0.29) is 24.2 Å². The highest BCUT2D eigenvalue weighted by molar-refractivity contribution is 5.92. The number of amides is 1. The third kappa shape index (κ3) is 5.10.